The Morgan fingerprint density at radius 3 is 0.871 bits per heavy atom. The summed E-state index contributed by atoms with van der Waals surface area (Å²) >= 11 is 0. The molecule has 0 saturated carbocycles. The van der Waals surface area contributed by atoms with E-state index in [1.807, 2.05) is 48.5 Å². The van der Waals surface area contributed by atoms with Gasteiger partial charge in [0.25, 0.3) is 26.9 Å². The monoisotopic (exact) mass is 1920 g/mol. The molecule has 0 N–H and O–H groups in total. The average molecular weight is 1920 g/mol. The van der Waals surface area contributed by atoms with Crippen LogP contribution in [0, 0.1) is 27.4 Å². The summed E-state index contributed by atoms with van der Waals surface area (Å²) in [5.41, 5.74) is 33.0. The van der Waals surface area contributed by atoms with E-state index in [4.69, 9.17) is 35.4 Å². The first kappa shape index (κ1) is 74.9. The molecule has 702 valence electrons. The molecule has 0 atom stereocenters. The Morgan fingerprint density at radius 2 is 0.503 bits per heavy atom. The fourth-order valence-electron chi connectivity index (χ4n) is 26.8. The Balaban J connectivity index is 0.000000144. The number of hydrogen-bond acceptors (Lipinski definition) is 4. The van der Waals surface area contributed by atoms with Gasteiger partial charge >= 0.3 is 0 Å². The number of rotatable bonds is 6. The minimum atomic E-state index is -3.46. The predicted molar refractivity (Wildman–Crippen MR) is 623 cm³/mol. The van der Waals surface area contributed by atoms with Crippen LogP contribution in [-0.4, -0.2) is 53.2 Å². The molecule has 0 bridgehead atoms. The molecule has 8 nitrogen and oxygen atoms in total. The molecule has 13 heteroatoms. The van der Waals surface area contributed by atoms with Gasteiger partial charge in [0.2, 0.25) is 0 Å². The van der Waals surface area contributed by atoms with Crippen molar-refractivity contribution in [1.29, 1.82) is 0 Å². The van der Waals surface area contributed by atoms with Crippen LogP contribution < -0.4 is 105 Å². The highest BCUT2D eigenvalue weighted by molar-refractivity contribution is 7.20. The number of benzene rings is 19. The number of fused-ring (bicyclic) bond motifs is 28. The summed E-state index contributed by atoms with van der Waals surface area (Å²) in [5.74, 6) is 6.37. The first-order chi connectivity index (χ1) is 75.9. The van der Waals surface area contributed by atoms with E-state index in [9.17, 15) is 0 Å². The molecule has 0 spiro atoms. The topological polar surface area (TPSA) is 56.6 Å². The molecular weight excluding hydrogens is 1800 g/mol. The van der Waals surface area contributed by atoms with Crippen molar-refractivity contribution in [3.05, 3.63) is 396 Å². The van der Waals surface area contributed by atoms with Crippen LogP contribution in [0.3, 0.4) is 0 Å². The summed E-state index contributed by atoms with van der Waals surface area (Å²) in [6, 6.07) is 125. The quantitative estimate of drug-likeness (QED) is 0.123. The third-order valence-electron chi connectivity index (χ3n) is 33.5. The number of aromatic nitrogens is 4. The Kier molecular flexibility index (Phi) is 15.4. The van der Waals surface area contributed by atoms with Crippen molar-refractivity contribution >= 4 is 208 Å². The number of hydrogen-bond donors (Lipinski definition) is 0. The summed E-state index contributed by atoms with van der Waals surface area (Å²) in [5, 5.41) is 12.5. The van der Waals surface area contributed by atoms with Crippen LogP contribution in [0.2, 0.25) is 0 Å². The maximum Gasteiger partial charge on any atom is 0.260 e. The van der Waals surface area contributed by atoms with Crippen LogP contribution in [0.4, 0.5) is 0 Å². The molecule has 0 radical (unpaired) electrons. The van der Waals surface area contributed by atoms with Crippen molar-refractivity contribution < 1.29 is 35.4 Å². The van der Waals surface area contributed by atoms with E-state index in [2.05, 4.69) is 344 Å². The van der Waals surface area contributed by atoms with Crippen molar-refractivity contribution in [1.82, 2.24) is 18.3 Å². The van der Waals surface area contributed by atoms with Gasteiger partial charge in [-0.2, -0.15) is 0 Å². The van der Waals surface area contributed by atoms with Gasteiger partial charge in [0, 0.05) is 115 Å². The third kappa shape index (κ3) is 12.1. The van der Waals surface area contributed by atoms with Gasteiger partial charge in [-0.15, -0.1) is 0 Å². The summed E-state index contributed by atoms with van der Waals surface area (Å²) in [4.78, 5) is 0. The van der Waals surface area contributed by atoms with Crippen molar-refractivity contribution in [2.75, 3.05) is 0 Å². The zero-order valence-electron chi connectivity index (χ0n) is 95.7. The maximum absolute atomic E-state index is 8.78. The lowest BCUT2D eigenvalue weighted by atomic mass is 9.34. The summed E-state index contributed by atoms with van der Waals surface area (Å²) < 4.78 is 141. The van der Waals surface area contributed by atoms with Gasteiger partial charge in [-0.1, -0.05) is 312 Å². The maximum atomic E-state index is 8.78. The first-order valence-corrected chi connectivity index (χ1v) is 53.4. The van der Waals surface area contributed by atoms with Crippen molar-refractivity contribution in [2.45, 2.75) is 132 Å². The van der Waals surface area contributed by atoms with Crippen molar-refractivity contribution in [2.24, 2.45) is 0 Å². The predicted octanol–water partition coefficient (Wildman–Crippen LogP) is 22.6. The first-order valence-electron chi connectivity index (χ1n) is 57.4. The van der Waals surface area contributed by atoms with E-state index in [1.54, 1.807) is 60.7 Å². The van der Waals surface area contributed by atoms with Gasteiger partial charge < -0.3 is 37.2 Å². The third-order valence-corrected chi connectivity index (χ3v) is 38.2. The molecule has 147 heavy (non-hydrogen) atoms. The van der Waals surface area contributed by atoms with E-state index in [1.165, 1.54) is 114 Å². The second kappa shape index (κ2) is 30.1. The van der Waals surface area contributed by atoms with Gasteiger partial charge in [0.15, 0.2) is 8.07 Å². The van der Waals surface area contributed by atoms with Crippen LogP contribution in [0.1, 0.15) is 144 Å². The zero-order chi connectivity index (χ0) is 109. The summed E-state index contributed by atoms with van der Waals surface area (Å²) in [6.45, 7) is 17.4. The SMILES string of the molecule is CC(C)(C)c1ccc2c(c1)c1cc(C(C)(C)C)cc3c1n2-c1cc([Si](c2ccccc2)(c2ccccc2)c2cc4c5c(c2)Oc2ccccc2B5c2ccccc2O4)cc2c1B3c1cc(C(C)(C)C)cc3c4cc(C(C)(C)C)ccc4n-2c13.[2H]C([2H])([2H])c1ccc2c(c1)c1cc(C([2H])([2H])[2H])cc3c1n2-c1cc(-c2ccccc2-c2cc4c5c(c2)Oc2ccccc2B5c2ccccc2O4)cc2c1B3c1cc(C([2H])([2H])[2H])cc3c4cc(C([2H])([2H])[2H])ccc4n-2c13. The zero-order valence-corrected chi connectivity index (χ0v) is 84.7. The number of aryl methyl sites for hydroxylation is 4. The Hall–Kier alpha value is -15.9. The average Bonchev–Trinajstić information content (AvgIpc) is 1.54. The molecule has 0 aliphatic carbocycles. The highest BCUT2D eigenvalue weighted by Gasteiger charge is 2.52. The second-order valence-corrected chi connectivity index (χ2v) is 49.9. The Morgan fingerprint density at radius 1 is 0.218 bits per heavy atom. The summed E-state index contributed by atoms with van der Waals surface area (Å²) in [6.07, 6.45) is 0. The lowest BCUT2D eigenvalue weighted by Gasteiger charge is -2.40. The number of ether oxygens (including phenoxy) is 4. The molecular formula is C134H106B4N4O4Si. The molecule has 19 aromatic carbocycles. The lowest BCUT2D eigenvalue weighted by Crippen LogP contribution is -2.75. The van der Waals surface area contributed by atoms with Gasteiger partial charge in [0.05, 0.1) is 22.1 Å². The molecule has 0 unspecified atom stereocenters. The smallest absolute Gasteiger partial charge is 0.260 e. The van der Waals surface area contributed by atoms with Crippen LogP contribution in [0.25, 0.3) is 132 Å². The van der Waals surface area contributed by atoms with Crippen molar-refractivity contribution in [3.63, 3.8) is 0 Å². The molecule has 4 aromatic heterocycles. The molecule has 0 amide bonds. The van der Waals surface area contributed by atoms with Crippen LogP contribution in [0.15, 0.2) is 352 Å². The largest absolute Gasteiger partial charge is 0.458 e. The van der Waals surface area contributed by atoms with Gasteiger partial charge in [-0.25, -0.2) is 0 Å². The Bertz CT molecular complexity index is 9890. The molecule has 12 heterocycles. The minimum absolute atomic E-state index is 0.0391. The van der Waals surface area contributed by atoms with E-state index in [-0.39, 0.29) is 64.1 Å². The van der Waals surface area contributed by atoms with Gasteiger partial charge in [0.1, 0.15) is 46.0 Å². The lowest BCUT2D eigenvalue weighted by molar-refractivity contribution is 0.464. The van der Waals surface area contributed by atoms with Gasteiger partial charge in [-0.05, 0) is 315 Å². The van der Waals surface area contributed by atoms with Gasteiger partial charge in [-0.3, -0.25) is 0 Å². The van der Waals surface area contributed by atoms with E-state index >= 15 is 0 Å². The number of nitrogens with zero attached hydrogens (tertiary/aromatic N) is 4. The van der Waals surface area contributed by atoms with E-state index in [0.29, 0.717) is 66.0 Å². The molecule has 0 saturated heterocycles. The molecule has 8 aliphatic rings. The standard InChI is InChI=1S/C76H68B2N2O2Si.C58H38B2N2O2/c1-73(2,3)45-31-33-61-53(35-45)55-37-47(75(7,8)9)39-59-71(55)79(61)63-41-51(42-64-69(63)78(59)60-40-48(76(10,11)12)38-56-54-36-46(74(4,5)6)32-34-62(54)80(64)72(56)60)83(49-23-15-13-16-24-49,50-25-17-14-18-26-50)52-43-67-70-68(44-52)82-66-30-22-20-28-58(66)77(70)57-27-19-21-29-65(57)81-67;1-31-17-19-47-39(21-31)41-23-33(3)25-45-57(41)61(47)49-27-35(28-50-55(49)60(45)46-26-34(4)24-42-40-22-32(2)18-20-48(40)62(50)58(42)46)37-11-5-6-12-38(37)36-29-53-56-54(30-36)64-52-16-10-8-14-44(52)59(56)43-13-7-9-15-51(43)63-53/h13-44H,1-12H3;5-30H,1-4H3/i;1D3,2D3,3D3,4D3. The minimum Gasteiger partial charge on any atom is -0.458 e. The van der Waals surface area contributed by atoms with Crippen molar-refractivity contribution in [3.8, 4) is 91.0 Å². The normalized spacial score (nSPS) is 15.4. The molecule has 31 rings (SSSR count). The molecule has 23 aromatic rings. The fraction of sp³-hybridized carbons (Fsp3) is 0.149. The highest BCUT2D eigenvalue weighted by Crippen LogP contribution is 2.50. The molecule has 8 aliphatic heterocycles. The highest BCUT2D eigenvalue weighted by atomic mass is 28.3. The van der Waals surface area contributed by atoms with E-state index < -0.39 is 42.2 Å². The fourth-order valence-corrected chi connectivity index (χ4v) is 31.6. The second-order valence-electron chi connectivity index (χ2n) is 46.1. The van der Waals surface area contributed by atoms with Crippen LogP contribution in [-0.2, 0) is 21.7 Å². The summed E-state index contributed by atoms with van der Waals surface area (Å²) in [7, 11) is -3.46. The van der Waals surface area contributed by atoms with Crippen LogP contribution in [0.5, 0.6) is 46.0 Å². The molecule has 0 fully saturated rings. The van der Waals surface area contributed by atoms with E-state index in [0.717, 1.165) is 106 Å². The van der Waals surface area contributed by atoms with Crippen LogP contribution >= 0.6 is 0 Å². The number of para-hydroxylation sites is 4. The Labute approximate surface area is 876 Å².